The Balaban J connectivity index is 1.40. The third-order valence-electron chi connectivity index (χ3n) is 5.32. The van der Waals surface area contributed by atoms with E-state index >= 15 is 0 Å². The van der Waals surface area contributed by atoms with Gasteiger partial charge in [0.1, 0.15) is 0 Å². The van der Waals surface area contributed by atoms with Gasteiger partial charge in [0.25, 0.3) is 5.91 Å². The average molecular weight is 364 g/mol. The highest BCUT2D eigenvalue weighted by atomic mass is 16.2. The van der Waals surface area contributed by atoms with Crippen LogP contribution in [0.2, 0.25) is 0 Å². The number of carbonyl (C=O) groups is 2. The molecule has 3 rings (SSSR count). The summed E-state index contributed by atoms with van der Waals surface area (Å²) in [6.45, 7) is 4.16. The summed E-state index contributed by atoms with van der Waals surface area (Å²) in [6.07, 6.45) is 3.34. The van der Waals surface area contributed by atoms with Crippen molar-refractivity contribution < 1.29 is 9.59 Å². The molecule has 0 spiro atoms. The summed E-state index contributed by atoms with van der Waals surface area (Å²) in [7, 11) is 0. The van der Waals surface area contributed by atoms with Gasteiger partial charge < -0.3 is 10.2 Å². The van der Waals surface area contributed by atoms with E-state index in [4.69, 9.17) is 0 Å². The van der Waals surface area contributed by atoms with Crippen LogP contribution in [0.25, 0.3) is 0 Å². The third kappa shape index (κ3) is 5.43. The SMILES string of the molecule is CCc1ccc(CNC(=O)CC2CCN(C(=O)c3ccccc3)CC2)cc1. The summed E-state index contributed by atoms with van der Waals surface area (Å²) in [5.41, 5.74) is 3.17. The molecule has 1 aliphatic rings. The van der Waals surface area contributed by atoms with Crippen LogP contribution >= 0.6 is 0 Å². The van der Waals surface area contributed by atoms with Crippen LogP contribution in [0.5, 0.6) is 0 Å². The first-order chi connectivity index (χ1) is 13.2. The van der Waals surface area contributed by atoms with Crippen molar-refractivity contribution in [3.8, 4) is 0 Å². The Kier molecular flexibility index (Phi) is 6.64. The van der Waals surface area contributed by atoms with Crippen molar-refractivity contribution in [1.82, 2.24) is 10.2 Å². The minimum atomic E-state index is 0.0917. The molecule has 4 heteroatoms. The second-order valence-corrected chi connectivity index (χ2v) is 7.25. The van der Waals surface area contributed by atoms with Gasteiger partial charge in [-0.05, 0) is 48.4 Å². The molecular formula is C23H28N2O2. The van der Waals surface area contributed by atoms with E-state index in [0.717, 1.165) is 43.5 Å². The smallest absolute Gasteiger partial charge is 0.253 e. The Morgan fingerprint density at radius 3 is 2.22 bits per heavy atom. The highest BCUT2D eigenvalue weighted by molar-refractivity contribution is 5.94. The fourth-order valence-corrected chi connectivity index (χ4v) is 3.53. The predicted octanol–water partition coefficient (Wildman–Crippen LogP) is 3.81. The number of hydrogen-bond donors (Lipinski definition) is 1. The minimum absolute atomic E-state index is 0.0917. The number of carbonyl (C=O) groups excluding carboxylic acids is 2. The van der Waals surface area contributed by atoms with Crippen LogP contribution in [0.1, 0.15) is 47.7 Å². The van der Waals surface area contributed by atoms with E-state index in [1.54, 1.807) is 0 Å². The Morgan fingerprint density at radius 2 is 1.59 bits per heavy atom. The number of rotatable bonds is 6. The van der Waals surface area contributed by atoms with Gasteiger partial charge in [-0.25, -0.2) is 0 Å². The summed E-state index contributed by atoms with van der Waals surface area (Å²) in [4.78, 5) is 26.6. The molecule has 1 fully saturated rings. The lowest BCUT2D eigenvalue weighted by Crippen LogP contribution is -2.39. The van der Waals surface area contributed by atoms with Crippen molar-refractivity contribution in [3.63, 3.8) is 0 Å². The molecule has 142 valence electrons. The van der Waals surface area contributed by atoms with E-state index in [9.17, 15) is 9.59 Å². The number of benzene rings is 2. The summed E-state index contributed by atoms with van der Waals surface area (Å²) in [5.74, 6) is 0.545. The van der Waals surface area contributed by atoms with Gasteiger partial charge in [0.15, 0.2) is 0 Å². The normalized spacial score (nSPS) is 14.8. The van der Waals surface area contributed by atoms with E-state index in [-0.39, 0.29) is 11.8 Å². The van der Waals surface area contributed by atoms with Gasteiger partial charge in [0, 0.05) is 31.6 Å². The zero-order chi connectivity index (χ0) is 19.1. The van der Waals surface area contributed by atoms with Crippen LogP contribution in [0, 0.1) is 5.92 Å². The summed E-state index contributed by atoms with van der Waals surface area (Å²) < 4.78 is 0. The van der Waals surface area contributed by atoms with Gasteiger partial charge in [-0.3, -0.25) is 9.59 Å². The molecule has 0 bridgehead atoms. The highest BCUT2D eigenvalue weighted by Gasteiger charge is 2.24. The monoisotopic (exact) mass is 364 g/mol. The number of aryl methyl sites for hydroxylation is 1. The van der Waals surface area contributed by atoms with Crippen molar-refractivity contribution in [2.75, 3.05) is 13.1 Å². The lowest BCUT2D eigenvalue weighted by Gasteiger charge is -2.31. The van der Waals surface area contributed by atoms with E-state index < -0.39 is 0 Å². The van der Waals surface area contributed by atoms with E-state index in [1.165, 1.54) is 5.56 Å². The Labute approximate surface area is 161 Å². The summed E-state index contributed by atoms with van der Waals surface area (Å²) in [6, 6.07) is 17.8. The quantitative estimate of drug-likeness (QED) is 0.847. The first kappa shape index (κ1) is 19.2. The first-order valence-electron chi connectivity index (χ1n) is 9.84. The molecule has 1 saturated heterocycles. The maximum absolute atomic E-state index is 12.5. The summed E-state index contributed by atoms with van der Waals surface area (Å²) >= 11 is 0. The molecule has 4 nitrogen and oxygen atoms in total. The van der Waals surface area contributed by atoms with Gasteiger partial charge in [-0.1, -0.05) is 49.4 Å². The number of nitrogens with one attached hydrogen (secondary N) is 1. The Morgan fingerprint density at radius 1 is 0.963 bits per heavy atom. The molecule has 1 N–H and O–H groups in total. The van der Waals surface area contributed by atoms with Crippen LogP contribution in [0.15, 0.2) is 54.6 Å². The molecule has 0 aromatic heterocycles. The predicted molar refractivity (Wildman–Crippen MR) is 107 cm³/mol. The number of likely N-dealkylation sites (tertiary alicyclic amines) is 1. The molecule has 0 saturated carbocycles. The van der Waals surface area contributed by atoms with Crippen molar-refractivity contribution in [3.05, 3.63) is 71.3 Å². The van der Waals surface area contributed by atoms with Crippen molar-refractivity contribution >= 4 is 11.8 Å². The topological polar surface area (TPSA) is 49.4 Å². The number of piperidine rings is 1. The van der Waals surface area contributed by atoms with Crippen LogP contribution in [0.4, 0.5) is 0 Å². The first-order valence-corrected chi connectivity index (χ1v) is 9.84. The lowest BCUT2D eigenvalue weighted by molar-refractivity contribution is -0.122. The number of hydrogen-bond acceptors (Lipinski definition) is 2. The molecule has 27 heavy (non-hydrogen) atoms. The fourth-order valence-electron chi connectivity index (χ4n) is 3.53. The lowest BCUT2D eigenvalue weighted by atomic mass is 9.93. The zero-order valence-electron chi connectivity index (χ0n) is 16.0. The fraction of sp³-hybridized carbons (Fsp3) is 0.391. The van der Waals surface area contributed by atoms with Crippen molar-refractivity contribution in [1.29, 1.82) is 0 Å². The van der Waals surface area contributed by atoms with Gasteiger partial charge in [-0.2, -0.15) is 0 Å². The number of amides is 2. The summed E-state index contributed by atoms with van der Waals surface area (Å²) in [5, 5.41) is 3.02. The maximum atomic E-state index is 12.5. The molecule has 1 aliphatic heterocycles. The van der Waals surface area contributed by atoms with Crippen LogP contribution in [0.3, 0.4) is 0 Å². The second-order valence-electron chi connectivity index (χ2n) is 7.25. The molecular weight excluding hydrogens is 336 g/mol. The Bertz CT molecular complexity index is 748. The minimum Gasteiger partial charge on any atom is -0.352 e. The maximum Gasteiger partial charge on any atom is 0.253 e. The standard InChI is InChI=1S/C23H28N2O2/c1-2-18-8-10-20(11-9-18)17-24-22(26)16-19-12-14-25(15-13-19)23(27)21-6-4-3-5-7-21/h3-11,19H,2,12-17H2,1H3,(H,24,26). The molecule has 2 aromatic rings. The van der Waals surface area contributed by atoms with Gasteiger partial charge in [0.05, 0.1) is 0 Å². The van der Waals surface area contributed by atoms with E-state index in [1.807, 2.05) is 35.2 Å². The second kappa shape index (κ2) is 9.36. The average Bonchev–Trinajstić information content (AvgIpc) is 2.73. The van der Waals surface area contributed by atoms with Gasteiger partial charge >= 0.3 is 0 Å². The van der Waals surface area contributed by atoms with Crippen molar-refractivity contribution in [2.24, 2.45) is 5.92 Å². The van der Waals surface area contributed by atoms with Gasteiger partial charge in [0.2, 0.25) is 5.91 Å². The van der Waals surface area contributed by atoms with Crippen LogP contribution in [-0.4, -0.2) is 29.8 Å². The molecule has 2 amide bonds. The van der Waals surface area contributed by atoms with Crippen LogP contribution in [-0.2, 0) is 17.8 Å². The largest absolute Gasteiger partial charge is 0.352 e. The van der Waals surface area contributed by atoms with Crippen LogP contribution < -0.4 is 5.32 Å². The van der Waals surface area contributed by atoms with E-state index in [0.29, 0.717) is 18.9 Å². The molecule has 2 aromatic carbocycles. The molecule has 0 atom stereocenters. The third-order valence-corrected chi connectivity index (χ3v) is 5.32. The van der Waals surface area contributed by atoms with Crippen molar-refractivity contribution in [2.45, 2.75) is 39.2 Å². The number of nitrogens with zero attached hydrogens (tertiary/aromatic N) is 1. The Hall–Kier alpha value is -2.62. The van der Waals surface area contributed by atoms with E-state index in [2.05, 4.69) is 36.5 Å². The highest BCUT2D eigenvalue weighted by Crippen LogP contribution is 2.22. The van der Waals surface area contributed by atoms with Gasteiger partial charge in [-0.15, -0.1) is 0 Å². The molecule has 0 aliphatic carbocycles. The zero-order valence-corrected chi connectivity index (χ0v) is 16.0. The molecule has 0 unspecified atom stereocenters. The molecule has 0 radical (unpaired) electrons. The molecule has 1 heterocycles.